The van der Waals surface area contributed by atoms with Crippen LogP contribution in [-0.2, 0) is 11.3 Å². The third kappa shape index (κ3) is 5.10. The van der Waals surface area contributed by atoms with Crippen LogP contribution in [0.2, 0.25) is 0 Å². The summed E-state index contributed by atoms with van der Waals surface area (Å²) in [4.78, 5) is 17.2. The van der Waals surface area contributed by atoms with Crippen molar-refractivity contribution in [2.24, 2.45) is 0 Å². The monoisotopic (exact) mass is 378 g/mol. The molecule has 6 heteroatoms. The van der Waals surface area contributed by atoms with Crippen molar-refractivity contribution < 1.29 is 9.53 Å². The van der Waals surface area contributed by atoms with Crippen LogP contribution in [0.4, 0.5) is 5.69 Å². The van der Waals surface area contributed by atoms with Gasteiger partial charge in [0.15, 0.2) is 0 Å². The number of piperazine rings is 1. The molecule has 0 saturated carbocycles. The summed E-state index contributed by atoms with van der Waals surface area (Å²) in [6.45, 7) is 6.43. The fourth-order valence-electron chi connectivity index (χ4n) is 3.34. The summed E-state index contributed by atoms with van der Waals surface area (Å²) in [6.07, 6.45) is 0. The first kappa shape index (κ1) is 19.9. The van der Waals surface area contributed by atoms with Crippen molar-refractivity contribution in [3.63, 3.8) is 0 Å². The highest BCUT2D eigenvalue weighted by atomic mass is 16.5. The average Bonchev–Trinajstić information content (AvgIpc) is 2.75. The van der Waals surface area contributed by atoms with Crippen molar-refractivity contribution in [1.82, 2.24) is 9.80 Å². The van der Waals surface area contributed by atoms with Crippen LogP contribution >= 0.6 is 0 Å². The van der Waals surface area contributed by atoms with Crippen LogP contribution in [0.1, 0.15) is 18.1 Å². The van der Waals surface area contributed by atoms with E-state index < -0.39 is 0 Å². The van der Waals surface area contributed by atoms with Gasteiger partial charge in [-0.25, -0.2) is 0 Å². The van der Waals surface area contributed by atoms with Crippen molar-refractivity contribution in [3.8, 4) is 11.8 Å². The second-order valence-corrected chi connectivity index (χ2v) is 7.01. The van der Waals surface area contributed by atoms with Gasteiger partial charge >= 0.3 is 0 Å². The van der Waals surface area contributed by atoms with E-state index in [1.54, 1.807) is 31.4 Å². The summed E-state index contributed by atoms with van der Waals surface area (Å²) in [5, 5.41) is 11.8. The number of hydrogen-bond acceptors (Lipinski definition) is 5. The van der Waals surface area contributed by atoms with E-state index in [2.05, 4.69) is 33.3 Å². The van der Waals surface area contributed by atoms with Gasteiger partial charge in [0.25, 0.3) is 0 Å². The van der Waals surface area contributed by atoms with E-state index in [-0.39, 0.29) is 11.9 Å². The summed E-state index contributed by atoms with van der Waals surface area (Å²) in [5.74, 6) is 0.851. The highest BCUT2D eigenvalue weighted by Gasteiger charge is 2.25. The number of methoxy groups -OCH3 is 1. The smallest absolute Gasteiger partial charge is 0.241 e. The Morgan fingerprint density at radius 3 is 2.32 bits per heavy atom. The van der Waals surface area contributed by atoms with Gasteiger partial charge in [0, 0.05) is 38.4 Å². The Morgan fingerprint density at radius 2 is 1.75 bits per heavy atom. The van der Waals surface area contributed by atoms with E-state index in [1.165, 1.54) is 5.56 Å². The molecule has 1 aliphatic rings. The van der Waals surface area contributed by atoms with Crippen LogP contribution in [0.15, 0.2) is 48.5 Å². The maximum Gasteiger partial charge on any atom is 0.241 e. The molecule has 1 aliphatic heterocycles. The zero-order valence-corrected chi connectivity index (χ0v) is 16.4. The second-order valence-electron chi connectivity index (χ2n) is 7.01. The molecule has 1 fully saturated rings. The minimum atomic E-state index is -0.196. The molecule has 0 radical (unpaired) electrons. The van der Waals surface area contributed by atoms with E-state index in [0.29, 0.717) is 11.3 Å². The van der Waals surface area contributed by atoms with Gasteiger partial charge in [-0.05, 0) is 48.9 Å². The lowest BCUT2D eigenvalue weighted by Crippen LogP contribution is -2.52. The SMILES string of the molecule is COc1ccc(CN2CCN([C@H](C)C(=O)Nc3ccc(C#N)cc3)CC2)cc1. The fraction of sp³-hybridized carbons (Fsp3) is 0.364. The Hall–Kier alpha value is -2.88. The Bertz CT molecular complexity index is 819. The third-order valence-corrected chi connectivity index (χ3v) is 5.18. The summed E-state index contributed by atoms with van der Waals surface area (Å²) in [7, 11) is 1.67. The van der Waals surface area contributed by atoms with Crippen LogP contribution < -0.4 is 10.1 Å². The summed E-state index contributed by atoms with van der Waals surface area (Å²) < 4.78 is 5.20. The van der Waals surface area contributed by atoms with Gasteiger partial charge < -0.3 is 10.1 Å². The van der Waals surface area contributed by atoms with Crippen molar-refractivity contribution in [3.05, 3.63) is 59.7 Å². The molecular formula is C22H26N4O2. The molecule has 3 rings (SSSR count). The molecule has 0 aromatic heterocycles. The fourth-order valence-corrected chi connectivity index (χ4v) is 3.34. The predicted molar refractivity (Wildman–Crippen MR) is 109 cm³/mol. The number of anilines is 1. The topological polar surface area (TPSA) is 68.6 Å². The van der Waals surface area contributed by atoms with Gasteiger partial charge in [-0.1, -0.05) is 12.1 Å². The predicted octanol–water partition coefficient (Wildman–Crippen LogP) is 2.71. The molecule has 146 valence electrons. The first-order valence-corrected chi connectivity index (χ1v) is 9.49. The molecule has 2 aromatic carbocycles. The first-order chi connectivity index (χ1) is 13.6. The number of benzene rings is 2. The van der Waals surface area contributed by atoms with E-state index in [1.807, 2.05) is 19.1 Å². The zero-order chi connectivity index (χ0) is 19.9. The molecule has 1 N–H and O–H groups in total. The molecule has 28 heavy (non-hydrogen) atoms. The maximum absolute atomic E-state index is 12.6. The molecule has 1 atom stereocenters. The highest BCUT2D eigenvalue weighted by molar-refractivity contribution is 5.94. The number of amides is 1. The normalized spacial score (nSPS) is 16.2. The van der Waals surface area contributed by atoms with E-state index in [0.717, 1.165) is 38.5 Å². The average molecular weight is 378 g/mol. The minimum absolute atomic E-state index is 0.0201. The van der Waals surface area contributed by atoms with Gasteiger partial charge in [0.05, 0.1) is 24.8 Å². The van der Waals surface area contributed by atoms with Gasteiger partial charge in [0.1, 0.15) is 5.75 Å². The van der Waals surface area contributed by atoms with Gasteiger partial charge in [0.2, 0.25) is 5.91 Å². The third-order valence-electron chi connectivity index (χ3n) is 5.18. The van der Waals surface area contributed by atoms with E-state index >= 15 is 0 Å². The molecule has 1 amide bonds. The van der Waals surface area contributed by atoms with Crippen LogP contribution in [0.3, 0.4) is 0 Å². The molecule has 6 nitrogen and oxygen atoms in total. The lowest BCUT2D eigenvalue weighted by atomic mass is 10.1. The number of carbonyl (C=O) groups is 1. The number of rotatable bonds is 6. The molecule has 2 aromatic rings. The van der Waals surface area contributed by atoms with Crippen molar-refractivity contribution >= 4 is 11.6 Å². The number of hydrogen-bond donors (Lipinski definition) is 1. The largest absolute Gasteiger partial charge is 0.497 e. The molecule has 1 heterocycles. The summed E-state index contributed by atoms with van der Waals surface area (Å²) in [6, 6.07) is 17.0. The minimum Gasteiger partial charge on any atom is -0.497 e. The standard InChI is InChI=1S/C22H26N4O2/c1-17(22(27)24-20-7-3-18(15-23)4-8-20)26-13-11-25(12-14-26)16-19-5-9-21(28-2)10-6-19/h3-10,17H,11-14,16H2,1-2H3,(H,24,27)/t17-/m1/s1. The lowest BCUT2D eigenvalue weighted by molar-refractivity contribution is -0.121. The molecule has 0 bridgehead atoms. The second kappa shape index (κ2) is 9.36. The molecule has 0 spiro atoms. The molecule has 0 aliphatic carbocycles. The Labute approximate surface area is 166 Å². The van der Waals surface area contributed by atoms with Crippen molar-refractivity contribution in [1.29, 1.82) is 5.26 Å². The van der Waals surface area contributed by atoms with Crippen LogP contribution in [0, 0.1) is 11.3 Å². The van der Waals surface area contributed by atoms with Crippen LogP contribution in [0.5, 0.6) is 5.75 Å². The molecule has 0 unspecified atom stereocenters. The molecule has 1 saturated heterocycles. The van der Waals surface area contributed by atoms with Crippen molar-refractivity contribution in [2.75, 3.05) is 38.6 Å². The summed E-state index contributed by atoms with van der Waals surface area (Å²) >= 11 is 0. The Kier molecular flexibility index (Phi) is 6.64. The Balaban J connectivity index is 1.47. The first-order valence-electron chi connectivity index (χ1n) is 9.49. The number of nitrogens with zero attached hydrogens (tertiary/aromatic N) is 3. The highest BCUT2D eigenvalue weighted by Crippen LogP contribution is 2.16. The van der Waals surface area contributed by atoms with Crippen LogP contribution in [-0.4, -0.2) is 55.0 Å². The van der Waals surface area contributed by atoms with Gasteiger partial charge in [-0.2, -0.15) is 5.26 Å². The van der Waals surface area contributed by atoms with Gasteiger partial charge in [-0.3, -0.25) is 14.6 Å². The maximum atomic E-state index is 12.6. The summed E-state index contributed by atoms with van der Waals surface area (Å²) in [5.41, 5.74) is 2.56. The lowest BCUT2D eigenvalue weighted by Gasteiger charge is -2.37. The number of nitrogens with one attached hydrogen (secondary N) is 1. The quantitative estimate of drug-likeness (QED) is 0.837. The number of nitriles is 1. The number of carbonyl (C=O) groups excluding carboxylic acids is 1. The molecular weight excluding hydrogens is 352 g/mol. The number of ether oxygens (including phenoxy) is 1. The van der Waals surface area contributed by atoms with Crippen LogP contribution in [0.25, 0.3) is 0 Å². The van der Waals surface area contributed by atoms with E-state index in [9.17, 15) is 4.79 Å². The van der Waals surface area contributed by atoms with Gasteiger partial charge in [-0.15, -0.1) is 0 Å². The Morgan fingerprint density at radius 1 is 1.11 bits per heavy atom. The van der Waals surface area contributed by atoms with Crippen molar-refractivity contribution in [2.45, 2.75) is 19.5 Å². The zero-order valence-electron chi connectivity index (χ0n) is 16.4. The van der Waals surface area contributed by atoms with E-state index in [4.69, 9.17) is 10.00 Å².